The fourth-order valence-corrected chi connectivity index (χ4v) is 4.77. The molecule has 2 aliphatic heterocycles. The van der Waals surface area contributed by atoms with Crippen LogP contribution in [-0.2, 0) is 30.8 Å². The molecule has 3 aromatic rings. The van der Waals surface area contributed by atoms with Gasteiger partial charge in [-0.25, -0.2) is 9.97 Å². The van der Waals surface area contributed by atoms with Crippen LogP contribution in [0.1, 0.15) is 41.2 Å². The van der Waals surface area contributed by atoms with E-state index in [1.807, 2.05) is 19.2 Å². The van der Waals surface area contributed by atoms with Gasteiger partial charge >= 0.3 is 0 Å². The second-order valence-electron chi connectivity index (χ2n) is 8.80. The third kappa shape index (κ3) is 4.97. The number of anilines is 1. The number of benzene rings is 1. The Morgan fingerprint density at radius 1 is 1.09 bits per heavy atom. The maximum Gasteiger partial charge on any atom is 0.136 e. The van der Waals surface area contributed by atoms with E-state index in [-0.39, 0.29) is 6.10 Å². The van der Waals surface area contributed by atoms with Crippen molar-refractivity contribution < 1.29 is 4.74 Å². The summed E-state index contributed by atoms with van der Waals surface area (Å²) in [6, 6.07) is 16.8. The molecule has 1 atom stereocenters. The number of ether oxygens (including phenoxy) is 1. The molecule has 0 bridgehead atoms. The standard InChI is InChI=1S/C26H31N5O/c1-20-28-25-19-30(16-21-8-3-2-4-9-21)14-12-24(25)26(29-20)31(18-23-11-7-15-32-23)17-22-10-5-6-13-27-22/h2-6,8-10,13,23H,7,11-12,14-19H2,1H3. The van der Waals surface area contributed by atoms with E-state index < -0.39 is 0 Å². The minimum absolute atomic E-state index is 0.253. The van der Waals surface area contributed by atoms with Crippen LogP contribution in [0.4, 0.5) is 5.82 Å². The van der Waals surface area contributed by atoms with Crippen molar-refractivity contribution in [3.63, 3.8) is 0 Å². The summed E-state index contributed by atoms with van der Waals surface area (Å²) >= 11 is 0. The van der Waals surface area contributed by atoms with Gasteiger partial charge in [0.1, 0.15) is 11.6 Å². The van der Waals surface area contributed by atoms with Gasteiger partial charge in [-0.15, -0.1) is 0 Å². The Labute approximate surface area is 190 Å². The lowest BCUT2D eigenvalue weighted by atomic mass is 10.0. The zero-order valence-electron chi connectivity index (χ0n) is 18.8. The third-order valence-corrected chi connectivity index (χ3v) is 6.31. The molecule has 1 fully saturated rings. The quantitative estimate of drug-likeness (QED) is 0.567. The van der Waals surface area contributed by atoms with E-state index in [0.29, 0.717) is 0 Å². The van der Waals surface area contributed by atoms with E-state index >= 15 is 0 Å². The van der Waals surface area contributed by atoms with Gasteiger partial charge in [-0.3, -0.25) is 9.88 Å². The summed E-state index contributed by atoms with van der Waals surface area (Å²) in [5, 5.41) is 0. The Balaban J connectivity index is 1.42. The molecule has 0 spiro atoms. The first-order valence-electron chi connectivity index (χ1n) is 11.6. The van der Waals surface area contributed by atoms with Crippen molar-refractivity contribution in [3.05, 3.63) is 83.1 Å². The summed E-state index contributed by atoms with van der Waals surface area (Å²) in [7, 11) is 0. The first-order valence-corrected chi connectivity index (χ1v) is 11.6. The summed E-state index contributed by atoms with van der Waals surface area (Å²) in [6.45, 7) is 7.26. The number of aromatic nitrogens is 3. The topological polar surface area (TPSA) is 54.4 Å². The molecule has 2 aliphatic rings. The Morgan fingerprint density at radius 3 is 2.75 bits per heavy atom. The third-order valence-electron chi connectivity index (χ3n) is 6.31. The highest BCUT2D eigenvalue weighted by Gasteiger charge is 2.27. The Morgan fingerprint density at radius 2 is 1.97 bits per heavy atom. The lowest BCUT2D eigenvalue weighted by Crippen LogP contribution is -2.37. The molecule has 6 heteroatoms. The molecule has 1 aromatic carbocycles. The van der Waals surface area contributed by atoms with Gasteiger partial charge in [-0.05, 0) is 43.9 Å². The molecule has 0 saturated carbocycles. The molecule has 32 heavy (non-hydrogen) atoms. The Kier molecular flexibility index (Phi) is 6.41. The monoisotopic (exact) mass is 429 g/mol. The smallest absolute Gasteiger partial charge is 0.136 e. The molecule has 6 nitrogen and oxygen atoms in total. The number of hydrogen-bond acceptors (Lipinski definition) is 6. The summed E-state index contributed by atoms with van der Waals surface area (Å²) in [5.41, 5.74) is 4.84. The van der Waals surface area contributed by atoms with Gasteiger partial charge in [0.2, 0.25) is 0 Å². The van der Waals surface area contributed by atoms with E-state index in [1.165, 1.54) is 11.1 Å². The van der Waals surface area contributed by atoms with Crippen LogP contribution in [0, 0.1) is 6.92 Å². The van der Waals surface area contributed by atoms with Gasteiger partial charge in [0.25, 0.3) is 0 Å². The maximum absolute atomic E-state index is 5.99. The van der Waals surface area contributed by atoms with Crippen LogP contribution < -0.4 is 4.90 Å². The maximum atomic E-state index is 5.99. The van der Waals surface area contributed by atoms with Crippen molar-refractivity contribution in [2.24, 2.45) is 0 Å². The van der Waals surface area contributed by atoms with Crippen LogP contribution in [0.15, 0.2) is 54.7 Å². The molecule has 0 radical (unpaired) electrons. The Hall–Kier alpha value is -2.83. The molecule has 1 saturated heterocycles. The van der Waals surface area contributed by atoms with Crippen molar-refractivity contribution in [2.75, 3.05) is 24.6 Å². The predicted molar refractivity (Wildman–Crippen MR) is 125 cm³/mol. The lowest BCUT2D eigenvalue weighted by Gasteiger charge is -2.33. The van der Waals surface area contributed by atoms with E-state index in [1.54, 1.807) is 0 Å². The number of hydrogen-bond donors (Lipinski definition) is 0. The van der Waals surface area contributed by atoms with Crippen LogP contribution in [0.5, 0.6) is 0 Å². The van der Waals surface area contributed by atoms with E-state index in [2.05, 4.69) is 57.2 Å². The fraction of sp³-hybridized carbons (Fsp3) is 0.423. The average Bonchev–Trinajstić information content (AvgIpc) is 3.32. The van der Waals surface area contributed by atoms with Gasteiger partial charge in [0, 0.05) is 44.5 Å². The molecule has 5 rings (SSSR count). The number of aryl methyl sites for hydroxylation is 1. The van der Waals surface area contributed by atoms with Crippen molar-refractivity contribution in [1.29, 1.82) is 0 Å². The highest BCUT2D eigenvalue weighted by molar-refractivity contribution is 5.51. The highest BCUT2D eigenvalue weighted by atomic mass is 16.5. The Bertz CT molecular complexity index is 1020. The number of fused-ring (bicyclic) bond motifs is 1. The van der Waals surface area contributed by atoms with Crippen LogP contribution in [-0.4, -0.2) is 45.7 Å². The summed E-state index contributed by atoms with van der Waals surface area (Å²) in [6.07, 6.45) is 5.32. The SMILES string of the molecule is Cc1nc2c(c(N(Cc3ccccn3)CC3CCCO3)n1)CCN(Cc1ccccc1)C2. The first-order chi connectivity index (χ1) is 15.7. The number of pyridine rings is 1. The molecular formula is C26H31N5O. The normalized spacial score (nSPS) is 18.5. The van der Waals surface area contributed by atoms with Gasteiger partial charge in [0.15, 0.2) is 0 Å². The summed E-state index contributed by atoms with van der Waals surface area (Å²) in [4.78, 5) is 19.2. The minimum atomic E-state index is 0.253. The van der Waals surface area contributed by atoms with Gasteiger partial charge in [-0.2, -0.15) is 0 Å². The molecule has 0 aliphatic carbocycles. The number of nitrogens with zero attached hydrogens (tertiary/aromatic N) is 5. The van der Waals surface area contributed by atoms with Crippen molar-refractivity contribution in [2.45, 2.75) is 51.9 Å². The second kappa shape index (κ2) is 9.76. The zero-order valence-corrected chi connectivity index (χ0v) is 18.8. The fourth-order valence-electron chi connectivity index (χ4n) is 4.77. The van der Waals surface area contributed by atoms with Crippen LogP contribution in [0.25, 0.3) is 0 Å². The van der Waals surface area contributed by atoms with Crippen LogP contribution in [0.2, 0.25) is 0 Å². The van der Waals surface area contributed by atoms with E-state index in [0.717, 1.165) is 81.6 Å². The van der Waals surface area contributed by atoms with E-state index in [9.17, 15) is 0 Å². The summed E-state index contributed by atoms with van der Waals surface area (Å²) < 4.78 is 5.99. The molecule has 2 aromatic heterocycles. The zero-order chi connectivity index (χ0) is 21.8. The van der Waals surface area contributed by atoms with Gasteiger partial charge < -0.3 is 9.64 Å². The van der Waals surface area contributed by atoms with E-state index in [4.69, 9.17) is 14.7 Å². The van der Waals surface area contributed by atoms with Gasteiger partial charge in [0.05, 0.1) is 24.0 Å². The molecular weight excluding hydrogens is 398 g/mol. The highest BCUT2D eigenvalue weighted by Crippen LogP contribution is 2.29. The second-order valence-corrected chi connectivity index (χ2v) is 8.80. The van der Waals surface area contributed by atoms with Crippen molar-refractivity contribution >= 4 is 5.82 Å². The van der Waals surface area contributed by atoms with Crippen LogP contribution >= 0.6 is 0 Å². The van der Waals surface area contributed by atoms with Crippen LogP contribution in [0.3, 0.4) is 0 Å². The molecule has 0 N–H and O–H groups in total. The van der Waals surface area contributed by atoms with Crippen molar-refractivity contribution in [3.8, 4) is 0 Å². The lowest BCUT2D eigenvalue weighted by molar-refractivity contribution is 0.115. The first kappa shape index (κ1) is 21.0. The van der Waals surface area contributed by atoms with Crippen molar-refractivity contribution in [1.82, 2.24) is 19.9 Å². The van der Waals surface area contributed by atoms with Gasteiger partial charge in [-0.1, -0.05) is 36.4 Å². The summed E-state index contributed by atoms with van der Waals surface area (Å²) in [5.74, 6) is 1.90. The predicted octanol–water partition coefficient (Wildman–Crippen LogP) is 3.92. The average molecular weight is 430 g/mol. The molecule has 166 valence electrons. The molecule has 1 unspecified atom stereocenters. The molecule has 4 heterocycles. The number of rotatable bonds is 7. The molecule has 0 amide bonds. The minimum Gasteiger partial charge on any atom is -0.376 e. The largest absolute Gasteiger partial charge is 0.376 e.